The highest BCUT2D eigenvalue weighted by atomic mass is 19.4. The molecule has 2 aliphatic heterocycles. The fourth-order valence-corrected chi connectivity index (χ4v) is 4.46. The van der Waals surface area contributed by atoms with Gasteiger partial charge in [-0.1, -0.05) is 20.8 Å². The predicted octanol–water partition coefficient (Wildman–Crippen LogP) is 3.40. The lowest BCUT2D eigenvalue weighted by molar-refractivity contribution is -0.142. The quantitative estimate of drug-likeness (QED) is 0.826. The lowest BCUT2D eigenvalue weighted by Crippen LogP contribution is -2.48. The van der Waals surface area contributed by atoms with Crippen molar-refractivity contribution < 1.29 is 18.0 Å². The molecule has 2 unspecified atom stereocenters. The smallest absolute Gasteiger partial charge is 0.348 e. The van der Waals surface area contributed by atoms with Crippen LogP contribution in [0.4, 0.5) is 13.2 Å². The number of rotatable bonds is 2. The molecule has 158 valence electrons. The largest absolute Gasteiger partial charge is 0.433 e. The van der Waals surface area contributed by atoms with Gasteiger partial charge < -0.3 is 10.2 Å². The Hall–Kier alpha value is -2.16. The van der Waals surface area contributed by atoms with Gasteiger partial charge in [0.25, 0.3) is 5.91 Å². The number of fused-ring (bicyclic) bond motifs is 3. The van der Waals surface area contributed by atoms with Crippen LogP contribution < -0.4 is 5.32 Å². The first kappa shape index (κ1) is 20.1. The van der Waals surface area contributed by atoms with E-state index in [1.807, 2.05) is 0 Å². The molecule has 0 spiro atoms. The van der Waals surface area contributed by atoms with Gasteiger partial charge in [0.15, 0.2) is 11.3 Å². The van der Waals surface area contributed by atoms with Crippen LogP contribution in [-0.2, 0) is 11.6 Å². The predicted molar refractivity (Wildman–Crippen MR) is 102 cm³/mol. The van der Waals surface area contributed by atoms with Crippen molar-refractivity contribution in [1.29, 1.82) is 0 Å². The Bertz CT molecular complexity index is 932. The lowest BCUT2D eigenvalue weighted by atomic mass is 9.91. The Balaban J connectivity index is 1.64. The zero-order chi connectivity index (χ0) is 21.1. The van der Waals surface area contributed by atoms with Gasteiger partial charge in [-0.2, -0.15) is 18.3 Å². The summed E-state index contributed by atoms with van der Waals surface area (Å²) < 4.78 is 41.5. The third-order valence-electron chi connectivity index (χ3n) is 6.15. The van der Waals surface area contributed by atoms with Gasteiger partial charge in [0.2, 0.25) is 0 Å². The van der Waals surface area contributed by atoms with Gasteiger partial charge in [0.05, 0.1) is 5.69 Å². The van der Waals surface area contributed by atoms with E-state index < -0.39 is 23.2 Å². The number of piperidine rings is 1. The van der Waals surface area contributed by atoms with Gasteiger partial charge in [-0.05, 0) is 38.8 Å². The van der Waals surface area contributed by atoms with Gasteiger partial charge in [-0.25, -0.2) is 9.50 Å². The maximum atomic E-state index is 13.6. The Labute approximate surface area is 167 Å². The van der Waals surface area contributed by atoms with Crippen molar-refractivity contribution in [3.8, 4) is 0 Å². The monoisotopic (exact) mass is 409 g/mol. The number of hydrogen-bond donors (Lipinski definition) is 1. The summed E-state index contributed by atoms with van der Waals surface area (Å²) in [4.78, 5) is 19.4. The van der Waals surface area contributed by atoms with Crippen LogP contribution in [0.1, 0.15) is 68.3 Å². The SMILES string of the molecule is CN1C2CCC1CC(NC(=O)c1cc3nc(C(C)(C)C)cc(C(F)(F)F)n3n1)C2. The fraction of sp³-hybridized carbons (Fsp3) is 0.650. The van der Waals surface area contributed by atoms with Crippen LogP contribution in [0.15, 0.2) is 12.1 Å². The van der Waals surface area contributed by atoms with Gasteiger partial charge >= 0.3 is 6.18 Å². The van der Waals surface area contributed by atoms with Crippen LogP contribution in [0.5, 0.6) is 0 Å². The molecule has 1 amide bonds. The Morgan fingerprint density at radius 3 is 2.31 bits per heavy atom. The molecule has 29 heavy (non-hydrogen) atoms. The molecule has 2 aromatic rings. The van der Waals surface area contributed by atoms with Crippen molar-refractivity contribution in [3.63, 3.8) is 0 Å². The fourth-order valence-electron chi connectivity index (χ4n) is 4.46. The first-order valence-electron chi connectivity index (χ1n) is 9.95. The van der Waals surface area contributed by atoms with Crippen molar-refractivity contribution in [2.24, 2.45) is 0 Å². The molecule has 4 heterocycles. The second-order valence-corrected chi connectivity index (χ2v) is 9.27. The summed E-state index contributed by atoms with van der Waals surface area (Å²) in [5.74, 6) is -0.449. The number of hydrogen-bond acceptors (Lipinski definition) is 4. The number of aromatic nitrogens is 3. The Morgan fingerprint density at radius 2 is 1.76 bits per heavy atom. The molecule has 1 N–H and O–H groups in total. The summed E-state index contributed by atoms with van der Waals surface area (Å²) in [5.41, 5.74) is -1.21. The molecule has 2 atom stereocenters. The number of amides is 1. The number of nitrogens with one attached hydrogen (secondary N) is 1. The van der Waals surface area contributed by atoms with Gasteiger partial charge in [-0.15, -0.1) is 0 Å². The normalized spacial score (nSPS) is 25.6. The van der Waals surface area contributed by atoms with E-state index in [2.05, 4.69) is 27.3 Å². The Kier molecular flexibility index (Phi) is 4.64. The molecule has 2 aliphatic rings. The van der Waals surface area contributed by atoms with Crippen molar-refractivity contribution in [2.45, 2.75) is 76.2 Å². The van der Waals surface area contributed by atoms with Crippen LogP contribution in [0.3, 0.4) is 0 Å². The summed E-state index contributed by atoms with van der Waals surface area (Å²) in [7, 11) is 2.11. The molecule has 0 saturated carbocycles. The standard InChI is InChI=1S/C20H26F3N5O/c1-19(2,3)15-10-16(20(21,22)23)28-17(25-15)9-14(26-28)18(29)24-11-7-12-5-6-13(8-11)27(12)4/h9-13H,5-8H2,1-4H3,(H,24,29). The minimum Gasteiger partial charge on any atom is -0.348 e. The molecular formula is C20H26F3N5O. The average Bonchev–Trinajstić information content (AvgIpc) is 3.10. The summed E-state index contributed by atoms with van der Waals surface area (Å²) >= 11 is 0. The first-order chi connectivity index (χ1) is 13.4. The Morgan fingerprint density at radius 1 is 1.14 bits per heavy atom. The van der Waals surface area contributed by atoms with Crippen LogP contribution >= 0.6 is 0 Å². The number of nitrogens with zero attached hydrogens (tertiary/aromatic N) is 4. The van der Waals surface area contributed by atoms with Crippen LogP contribution in [0.25, 0.3) is 5.65 Å². The first-order valence-corrected chi connectivity index (χ1v) is 9.95. The summed E-state index contributed by atoms with van der Waals surface area (Å²) in [5, 5.41) is 6.92. The van der Waals surface area contributed by atoms with Gasteiger partial charge in [0.1, 0.15) is 5.69 Å². The third-order valence-corrected chi connectivity index (χ3v) is 6.15. The van der Waals surface area contributed by atoms with E-state index in [1.165, 1.54) is 6.07 Å². The number of halogens is 3. The van der Waals surface area contributed by atoms with Crippen LogP contribution in [-0.4, -0.2) is 50.6 Å². The average molecular weight is 409 g/mol. The minimum absolute atomic E-state index is 0.0150. The second-order valence-electron chi connectivity index (χ2n) is 9.27. The topological polar surface area (TPSA) is 62.5 Å². The van der Waals surface area contributed by atoms with Crippen LogP contribution in [0.2, 0.25) is 0 Å². The molecular weight excluding hydrogens is 383 g/mol. The van der Waals surface area contributed by atoms with E-state index in [-0.39, 0.29) is 17.4 Å². The van der Waals surface area contributed by atoms with Crippen LogP contribution in [0, 0.1) is 0 Å². The van der Waals surface area contributed by atoms with E-state index >= 15 is 0 Å². The van der Waals surface area contributed by atoms with E-state index in [0.717, 1.165) is 36.3 Å². The maximum Gasteiger partial charge on any atom is 0.433 e. The van der Waals surface area contributed by atoms with E-state index in [9.17, 15) is 18.0 Å². The molecule has 6 nitrogen and oxygen atoms in total. The summed E-state index contributed by atoms with van der Waals surface area (Å²) in [6, 6.07) is 3.27. The molecule has 4 rings (SSSR count). The lowest BCUT2D eigenvalue weighted by Gasteiger charge is -2.36. The highest BCUT2D eigenvalue weighted by Crippen LogP contribution is 2.35. The van der Waals surface area contributed by atoms with E-state index in [1.54, 1.807) is 20.8 Å². The van der Waals surface area contributed by atoms with Gasteiger partial charge in [0, 0.05) is 29.6 Å². The molecule has 0 aromatic carbocycles. The highest BCUT2D eigenvalue weighted by Gasteiger charge is 2.39. The highest BCUT2D eigenvalue weighted by molar-refractivity contribution is 5.93. The molecule has 2 aromatic heterocycles. The van der Waals surface area contributed by atoms with E-state index in [0.29, 0.717) is 17.8 Å². The minimum atomic E-state index is -4.60. The number of alkyl halides is 3. The zero-order valence-corrected chi connectivity index (χ0v) is 17.0. The third kappa shape index (κ3) is 3.72. The molecule has 9 heteroatoms. The molecule has 2 fully saturated rings. The van der Waals surface area contributed by atoms with Crippen molar-refractivity contribution >= 4 is 11.6 Å². The summed E-state index contributed by atoms with van der Waals surface area (Å²) in [6.07, 6.45) is -0.653. The number of carbonyl (C=O) groups is 1. The zero-order valence-electron chi connectivity index (χ0n) is 17.0. The van der Waals surface area contributed by atoms with Crippen molar-refractivity contribution in [1.82, 2.24) is 24.8 Å². The molecule has 2 saturated heterocycles. The number of carbonyl (C=O) groups excluding carboxylic acids is 1. The molecule has 0 aliphatic carbocycles. The summed E-state index contributed by atoms with van der Waals surface area (Å²) in [6.45, 7) is 5.39. The molecule has 0 radical (unpaired) electrons. The second kappa shape index (κ2) is 6.68. The molecule has 2 bridgehead atoms. The van der Waals surface area contributed by atoms with Crippen molar-refractivity contribution in [3.05, 3.63) is 29.2 Å². The van der Waals surface area contributed by atoms with Crippen molar-refractivity contribution in [2.75, 3.05) is 7.05 Å². The van der Waals surface area contributed by atoms with Gasteiger partial charge in [-0.3, -0.25) is 4.79 Å². The maximum absolute atomic E-state index is 13.6. The van der Waals surface area contributed by atoms with E-state index in [4.69, 9.17) is 0 Å².